The van der Waals surface area contributed by atoms with Gasteiger partial charge in [-0.3, -0.25) is 4.79 Å². The molecule has 0 saturated carbocycles. The fraction of sp³-hybridized carbons (Fsp3) is 0.286. The predicted octanol–water partition coefficient (Wildman–Crippen LogP) is 2.94. The zero-order chi connectivity index (χ0) is 21.1. The average Bonchev–Trinajstić information content (AvgIpc) is 2.76. The Bertz CT molecular complexity index is 806. The maximum absolute atomic E-state index is 12.0. The number of nitrogens with one attached hydrogen (secondary N) is 1. The van der Waals surface area contributed by atoms with Crippen LogP contribution in [-0.4, -0.2) is 51.0 Å². The molecule has 0 aromatic heterocycles. The molecular weight excluding hydrogens is 394 g/mol. The second kappa shape index (κ2) is 11.8. The van der Waals surface area contributed by atoms with Crippen molar-refractivity contribution in [1.29, 1.82) is 0 Å². The molecule has 29 heavy (non-hydrogen) atoms. The topological polar surface area (TPSA) is 90.9 Å². The molecule has 0 aliphatic rings. The molecule has 0 unspecified atom stereocenters. The summed E-state index contributed by atoms with van der Waals surface area (Å²) in [4.78, 5) is 36.7. The van der Waals surface area contributed by atoms with E-state index in [4.69, 9.17) is 4.74 Å². The Labute approximate surface area is 173 Å². The Hall–Kier alpha value is -3.00. The second-order valence-electron chi connectivity index (χ2n) is 5.88. The van der Waals surface area contributed by atoms with E-state index in [1.54, 1.807) is 11.8 Å². The minimum Gasteiger partial charge on any atom is -0.484 e. The van der Waals surface area contributed by atoms with Crippen LogP contribution in [0, 0.1) is 0 Å². The van der Waals surface area contributed by atoms with Crippen molar-refractivity contribution in [3.05, 3.63) is 59.7 Å². The van der Waals surface area contributed by atoms with Gasteiger partial charge in [-0.15, -0.1) is 11.8 Å². The van der Waals surface area contributed by atoms with E-state index in [9.17, 15) is 14.4 Å². The lowest BCUT2D eigenvalue weighted by molar-refractivity contribution is -0.123. The zero-order valence-corrected chi connectivity index (χ0v) is 17.1. The maximum Gasteiger partial charge on any atom is 0.338 e. The van der Waals surface area contributed by atoms with Crippen molar-refractivity contribution >= 4 is 29.6 Å². The highest BCUT2D eigenvalue weighted by atomic mass is 32.2. The highest BCUT2D eigenvalue weighted by Crippen LogP contribution is 2.19. The molecule has 0 spiro atoms. The first-order chi connectivity index (χ1) is 14.0. The monoisotopic (exact) mass is 417 g/mol. The molecule has 1 amide bonds. The minimum absolute atomic E-state index is 0.128. The van der Waals surface area contributed by atoms with E-state index in [0.717, 1.165) is 12.2 Å². The first-order valence-electron chi connectivity index (χ1n) is 8.92. The third kappa shape index (κ3) is 7.50. The summed E-state index contributed by atoms with van der Waals surface area (Å²) in [7, 11) is 2.47. The van der Waals surface area contributed by atoms with Crippen LogP contribution in [0.5, 0.6) is 5.75 Å². The number of carbonyl (C=O) groups excluding carboxylic acids is 3. The van der Waals surface area contributed by atoms with Crippen LogP contribution in [-0.2, 0) is 14.3 Å². The van der Waals surface area contributed by atoms with Gasteiger partial charge in [0.1, 0.15) is 5.75 Å². The number of ether oxygens (including phenoxy) is 3. The van der Waals surface area contributed by atoms with E-state index in [1.165, 1.54) is 37.3 Å². The van der Waals surface area contributed by atoms with Crippen LogP contribution in [0.25, 0.3) is 0 Å². The number of thioether (sulfide) groups is 1. The molecule has 8 heteroatoms. The third-order valence-corrected chi connectivity index (χ3v) is 4.87. The van der Waals surface area contributed by atoms with E-state index in [-0.39, 0.29) is 29.4 Å². The first kappa shape index (κ1) is 22.3. The van der Waals surface area contributed by atoms with Crippen molar-refractivity contribution in [2.75, 3.05) is 33.1 Å². The van der Waals surface area contributed by atoms with Crippen molar-refractivity contribution in [3.63, 3.8) is 0 Å². The van der Waals surface area contributed by atoms with Gasteiger partial charge in [0.15, 0.2) is 6.61 Å². The molecule has 0 heterocycles. The summed E-state index contributed by atoms with van der Waals surface area (Å²) in [6.45, 7) is 0.286. The predicted molar refractivity (Wildman–Crippen MR) is 109 cm³/mol. The van der Waals surface area contributed by atoms with Crippen molar-refractivity contribution in [2.45, 2.75) is 11.3 Å². The zero-order valence-electron chi connectivity index (χ0n) is 16.3. The van der Waals surface area contributed by atoms with E-state index in [2.05, 4.69) is 14.8 Å². The fourth-order valence-electron chi connectivity index (χ4n) is 2.36. The molecule has 1 N–H and O–H groups in total. The van der Waals surface area contributed by atoms with Crippen LogP contribution in [0.4, 0.5) is 0 Å². The van der Waals surface area contributed by atoms with Gasteiger partial charge in [0.2, 0.25) is 0 Å². The SMILES string of the molecule is COC(=O)c1cc(OCC(=O)NCCCSc2ccccc2)cc(C(=O)OC)c1. The summed E-state index contributed by atoms with van der Waals surface area (Å²) < 4.78 is 14.8. The summed E-state index contributed by atoms with van der Waals surface area (Å²) >= 11 is 1.73. The number of carbonyl (C=O) groups is 3. The van der Waals surface area contributed by atoms with E-state index in [1.807, 2.05) is 30.3 Å². The van der Waals surface area contributed by atoms with Gasteiger partial charge in [-0.2, -0.15) is 0 Å². The Kier molecular flexibility index (Phi) is 9.04. The summed E-state index contributed by atoms with van der Waals surface area (Å²) in [6.07, 6.45) is 0.815. The van der Waals surface area contributed by atoms with Gasteiger partial charge in [-0.05, 0) is 42.5 Å². The molecule has 2 rings (SSSR count). The molecule has 0 aliphatic carbocycles. The minimum atomic E-state index is -0.624. The maximum atomic E-state index is 12.0. The van der Waals surface area contributed by atoms with Crippen LogP contribution < -0.4 is 10.1 Å². The summed E-state index contributed by atoms with van der Waals surface area (Å²) in [5, 5.41) is 2.78. The first-order valence-corrected chi connectivity index (χ1v) is 9.91. The number of esters is 2. The lowest BCUT2D eigenvalue weighted by atomic mass is 10.1. The lowest BCUT2D eigenvalue weighted by Crippen LogP contribution is -2.30. The van der Waals surface area contributed by atoms with Gasteiger partial charge in [0, 0.05) is 11.4 Å². The second-order valence-corrected chi connectivity index (χ2v) is 7.05. The van der Waals surface area contributed by atoms with Crippen LogP contribution in [0.1, 0.15) is 27.1 Å². The van der Waals surface area contributed by atoms with Crippen molar-refractivity contribution in [2.24, 2.45) is 0 Å². The van der Waals surface area contributed by atoms with Crippen molar-refractivity contribution < 1.29 is 28.6 Å². The van der Waals surface area contributed by atoms with Gasteiger partial charge in [-0.1, -0.05) is 18.2 Å². The lowest BCUT2D eigenvalue weighted by Gasteiger charge is -2.10. The Morgan fingerprint density at radius 1 is 0.931 bits per heavy atom. The van der Waals surface area contributed by atoms with Crippen LogP contribution >= 0.6 is 11.8 Å². The fourth-order valence-corrected chi connectivity index (χ4v) is 3.23. The normalized spacial score (nSPS) is 10.1. The van der Waals surface area contributed by atoms with Gasteiger partial charge >= 0.3 is 11.9 Å². The molecule has 154 valence electrons. The number of amides is 1. The molecule has 2 aromatic rings. The van der Waals surface area contributed by atoms with Gasteiger partial charge in [0.05, 0.1) is 25.3 Å². The largest absolute Gasteiger partial charge is 0.484 e. The van der Waals surface area contributed by atoms with E-state index < -0.39 is 11.9 Å². The number of hydrogen-bond acceptors (Lipinski definition) is 7. The number of hydrogen-bond donors (Lipinski definition) is 1. The Morgan fingerprint density at radius 3 is 2.14 bits per heavy atom. The Balaban J connectivity index is 1.81. The standard InChI is InChI=1S/C21H23NO6S/c1-26-20(24)15-11-16(21(25)27-2)13-17(12-15)28-14-19(23)22-9-6-10-29-18-7-4-3-5-8-18/h3-5,7-8,11-13H,6,9-10,14H2,1-2H3,(H,22,23). The Morgan fingerprint density at radius 2 is 1.55 bits per heavy atom. The average molecular weight is 417 g/mol. The van der Waals surface area contributed by atoms with E-state index in [0.29, 0.717) is 6.54 Å². The van der Waals surface area contributed by atoms with Crippen molar-refractivity contribution in [1.82, 2.24) is 5.32 Å². The molecule has 0 aliphatic heterocycles. The highest BCUT2D eigenvalue weighted by Gasteiger charge is 2.15. The molecule has 0 radical (unpaired) electrons. The molecular formula is C21H23NO6S. The summed E-state index contributed by atoms with van der Waals surface area (Å²) in [5.74, 6) is -0.461. The summed E-state index contributed by atoms with van der Waals surface area (Å²) in [5.41, 5.74) is 0.257. The molecule has 0 saturated heterocycles. The van der Waals surface area contributed by atoms with Gasteiger partial charge in [0.25, 0.3) is 5.91 Å². The number of benzene rings is 2. The summed E-state index contributed by atoms with van der Waals surface area (Å²) in [6, 6.07) is 14.2. The van der Waals surface area contributed by atoms with Crippen LogP contribution in [0.3, 0.4) is 0 Å². The third-order valence-electron chi connectivity index (χ3n) is 3.77. The quantitative estimate of drug-likeness (QED) is 0.361. The van der Waals surface area contributed by atoms with Gasteiger partial charge in [-0.25, -0.2) is 9.59 Å². The van der Waals surface area contributed by atoms with Crippen LogP contribution in [0.2, 0.25) is 0 Å². The molecule has 7 nitrogen and oxygen atoms in total. The molecule has 0 bridgehead atoms. The molecule has 0 atom stereocenters. The number of methoxy groups -OCH3 is 2. The van der Waals surface area contributed by atoms with Crippen LogP contribution in [0.15, 0.2) is 53.4 Å². The van der Waals surface area contributed by atoms with E-state index >= 15 is 0 Å². The smallest absolute Gasteiger partial charge is 0.338 e. The highest BCUT2D eigenvalue weighted by molar-refractivity contribution is 7.99. The molecule has 2 aromatic carbocycles. The van der Waals surface area contributed by atoms with Gasteiger partial charge < -0.3 is 19.5 Å². The number of rotatable bonds is 10. The van der Waals surface area contributed by atoms with Crippen molar-refractivity contribution in [3.8, 4) is 5.75 Å². The molecule has 0 fully saturated rings.